The monoisotopic (exact) mass is 419 g/mol. The van der Waals surface area contributed by atoms with Crippen molar-refractivity contribution < 1.29 is 19.0 Å². The Balaban J connectivity index is 1.47. The highest BCUT2D eigenvalue weighted by atomic mass is 16.6. The van der Waals surface area contributed by atoms with E-state index in [1.807, 2.05) is 19.1 Å². The van der Waals surface area contributed by atoms with Crippen molar-refractivity contribution in [3.8, 4) is 17.2 Å². The molecule has 0 aliphatic heterocycles. The molecule has 0 amide bonds. The standard InChI is InChI=1S/C23H22N4O4/c1-15(22-24-25-23(31-22)17-6-9-20(10-7-17)27(28)29)26(2)14-16-4-5-19-13-21(30-3)11-8-18(19)12-16/h4-13,15H,14H2,1-3H3/p+1/t15-/m0/s1. The van der Waals surface area contributed by atoms with Crippen LogP contribution in [0, 0.1) is 10.1 Å². The van der Waals surface area contributed by atoms with Gasteiger partial charge in [0.1, 0.15) is 12.3 Å². The molecule has 0 bridgehead atoms. The van der Waals surface area contributed by atoms with E-state index in [9.17, 15) is 10.1 Å². The SMILES string of the molecule is COc1ccc2cc(C[NH+](C)[C@@H](C)c3nnc(-c4ccc([N+](=O)[O-])cc4)o3)ccc2c1. The Kier molecular flexibility index (Phi) is 5.64. The average molecular weight is 419 g/mol. The first-order valence-corrected chi connectivity index (χ1v) is 9.92. The molecule has 1 unspecified atom stereocenters. The number of methoxy groups -OCH3 is 1. The van der Waals surface area contributed by atoms with Crippen LogP contribution < -0.4 is 9.64 Å². The average Bonchev–Trinajstić information content (AvgIpc) is 3.28. The molecular formula is C23H23N4O4+. The lowest BCUT2D eigenvalue weighted by Crippen LogP contribution is -3.07. The number of ether oxygens (including phenoxy) is 1. The Morgan fingerprint density at radius 1 is 1.06 bits per heavy atom. The highest BCUT2D eigenvalue weighted by molar-refractivity contribution is 5.84. The normalized spacial score (nSPS) is 13.1. The van der Waals surface area contributed by atoms with Gasteiger partial charge in [-0.25, -0.2) is 0 Å². The van der Waals surface area contributed by atoms with Crippen molar-refractivity contribution >= 4 is 16.5 Å². The van der Waals surface area contributed by atoms with Crippen LogP contribution in [-0.4, -0.2) is 29.3 Å². The summed E-state index contributed by atoms with van der Waals surface area (Å²) in [6.45, 7) is 2.83. The van der Waals surface area contributed by atoms with Crippen LogP contribution in [-0.2, 0) is 6.54 Å². The Morgan fingerprint density at radius 3 is 2.48 bits per heavy atom. The number of hydrogen-bond donors (Lipinski definition) is 1. The zero-order chi connectivity index (χ0) is 22.0. The van der Waals surface area contributed by atoms with Crippen LogP contribution in [0.1, 0.15) is 24.4 Å². The van der Waals surface area contributed by atoms with Crippen LogP contribution >= 0.6 is 0 Å². The number of non-ortho nitro benzene ring substituents is 1. The first-order chi connectivity index (χ1) is 14.9. The number of quaternary nitrogens is 1. The summed E-state index contributed by atoms with van der Waals surface area (Å²) >= 11 is 0. The van der Waals surface area contributed by atoms with Gasteiger partial charge in [-0.05, 0) is 48.0 Å². The fourth-order valence-corrected chi connectivity index (χ4v) is 3.45. The van der Waals surface area contributed by atoms with Gasteiger partial charge in [-0.3, -0.25) is 10.1 Å². The molecule has 0 spiro atoms. The van der Waals surface area contributed by atoms with Crippen molar-refractivity contribution in [1.82, 2.24) is 10.2 Å². The molecular weight excluding hydrogens is 396 g/mol. The topological polar surface area (TPSA) is 95.7 Å². The fraction of sp³-hybridized carbons (Fsp3) is 0.217. The number of fused-ring (bicyclic) bond motifs is 1. The van der Waals surface area contributed by atoms with Crippen LogP contribution in [0.3, 0.4) is 0 Å². The number of nitro groups is 1. The number of benzene rings is 3. The van der Waals surface area contributed by atoms with Crippen LogP contribution in [0.25, 0.3) is 22.2 Å². The van der Waals surface area contributed by atoms with Crippen LogP contribution in [0.2, 0.25) is 0 Å². The molecule has 158 valence electrons. The Hall–Kier alpha value is -3.78. The molecule has 1 aromatic heterocycles. The minimum absolute atomic E-state index is 0.0223. The van der Waals surface area contributed by atoms with E-state index in [4.69, 9.17) is 9.15 Å². The smallest absolute Gasteiger partial charge is 0.274 e. The summed E-state index contributed by atoms with van der Waals surface area (Å²) in [5, 5.41) is 21.4. The van der Waals surface area contributed by atoms with Gasteiger partial charge < -0.3 is 14.1 Å². The molecule has 8 nitrogen and oxygen atoms in total. The van der Waals surface area contributed by atoms with Crippen molar-refractivity contribution in [2.45, 2.75) is 19.5 Å². The summed E-state index contributed by atoms with van der Waals surface area (Å²) in [5.41, 5.74) is 1.88. The molecule has 8 heteroatoms. The lowest BCUT2D eigenvalue weighted by Gasteiger charge is -2.19. The Morgan fingerprint density at radius 2 is 1.77 bits per heavy atom. The van der Waals surface area contributed by atoms with Crippen molar-refractivity contribution in [1.29, 1.82) is 0 Å². The molecule has 0 aliphatic carbocycles. The van der Waals surface area contributed by atoms with Crippen molar-refractivity contribution in [3.63, 3.8) is 0 Å². The predicted octanol–water partition coefficient (Wildman–Crippen LogP) is 3.58. The molecule has 1 N–H and O–H groups in total. The van der Waals surface area contributed by atoms with Gasteiger partial charge in [0.2, 0.25) is 5.89 Å². The Bertz CT molecular complexity index is 1220. The Labute approximate surface area is 179 Å². The number of nitrogens with one attached hydrogen (secondary N) is 1. The van der Waals surface area contributed by atoms with E-state index < -0.39 is 4.92 Å². The molecule has 0 fully saturated rings. The van der Waals surface area contributed by atoms with Crippen molar-refractivity contribution in [2.75, 3.05) is 14.2 Å². The summed E-state index contributed by atoms with van der Waals surface area (Å²) in [7, 11) is 3.75. The molecule has 31 heavy (non-hydrogen) atoms. The summed E-state index contributed by atoms with van der Waals surface area (Å²) < 4.78 is 11.2. The number of aromatic nitrogens is 2. The molecule has 1 heterocycles. The maximum absolute atomic E-state index is 10.8. The second-order valence-electron chi connectivity index (χ2n) is 7.54. The van der Waals surface area contributed by atoms with E-state index in [2.05, 4.69) is 41.5 Å². The van der Waals surface area contributed by atoms with E-state index in [1.165, 1.54) is 22.6 Å². The third-order valence-corrected chi connectivity index (χ3v) is 5.47. The molecule has 0 aliphatic rings. The van der Waals surface area contributed by atoms with Crippen LogP contribution in [0.15, 0.2) is 65.1 Å². The zero-order valence-electron chi connectivity index (χ0n) is 17.5. The molecule has 0 saturated carbocycles. The first kappa shape index (κ1) is 20.5. The summed E-state index contributed by atoms with van der Waals surface area (Å²) in [6, 6.07) is 18.5. The highest BCUT2D eigenvalue weighted by Gasteiger charge is 2.23. The predicted molar refractivity (Wildman–Crippen MR) is 116 cm³/mol. The van der Waals surface area contributed by atoms with Crippen molar-refractivity contribution in [3.05, 3.63) is 82.2 Å². The molecule has 2 atom stereocenters. The van der Waals surface area contributed by atoms with Gasteiger partial charge >= 0.3 is 0 Å². The number of nitrogens with zero attached hydrogens (tertiary/aromatic N) is 3. The van der Waals surface area contributed by atoms with Gasteiger partial charge in [0.15, 0.2) is 6.04 Å². The van der Waals surface area contributed by atoms with Gasteiger partial charge in [0.25, 0.3) is 11.6 Å². The second kappa shape index (κ2) is 8.53. The van der Waals surface area contributed by atoms with Gasteiger partial charge in [-0.15, -0.1) is 10.2 Å². The summed E-state index contributed by atoms with van der Waals surface area (Å²) in [4.78, 5) is 11.6. The number of nitro benzene ring substituents is 1. The lowest BCUT2D eigenvalue weighted by atomic mass is 10.1. The van der Waals surface area contributed by atoms with E-state index in [0.717, 1.165) is 23.1 Å². The van der Waals surface area contributed by atoms with Gasteiger partial charge in [-0.1, -0.05) is 18.2 Å². The maximum Gasteiger partial charge on any atom is 0.274 e. The quantitative estimate of drug-likeness (QED) is 0.363. The van der Waals surface area contributed by atoms with Gasteiger partial charge in [0.05, 0.1) is 19.1 Å². The molecule has 3 aromatic carbocycles. The summed E-state index contributed by atoms with van der Waals surface area (Å²) in [6.07, 6.45) is 0. The van der Waals surface area contributed by atoms with E-state index in [-0.39, 0.29) is 11.7 Å². The van der Waals surface area contributed by atoms with Gasteiger partial charge in [-0.2, -0.15) is 0 Å². The summed E-state index contributed by atoms with van der Waals surface area (Å²) in [5.74, 6) is 1.72. The number of rotatable bonds is 7. The largest absolute Gasteiger partial charge is 0.497 e. The molecule has 0 radical (unpaired) electrons. The molecule has 4 aromatic rings. The van der Waals surface area contributed by atoms with E-state index >= 15 is 0 Å². The first-order valence-electron chi connectivity index (χ1n) is 9.92. The lowest BCUT2D eigenvalue weighted by molar-refractivity contribution is -0.925. The number of hydrogen-bond acceptors (Lipinski definition) is 6. The van der Waals surface area contributed by atoms with Gasteiger partial charge in [0, 0.05) is 23.3 Å². The maximum atomic E-state index is 10.8. The third kappa shape index (κ3) is 4.39. The van der Waals surface area contributed by atoms with Crippen LogP contribution in [0.5, 0.6) is 5.75 Å². The molecule has 0 saturated heterocycles. The van der Waals surface area contributed by atoms with Crippen LogP contribution in [0.4, 0.5) is 5.69 Å². The minimum atomic E-state index is -0.438. The highest BCUT2D eigenvalue weighted by Crippen LogP contribution is 2.23. The third-order valence-electron chi connectivity index (χ3n) is 5.47. The van der Waals surface area contributed by atoms with Crippen molar-refractivity contribution in [2.24, 2.45) is 0 Å². The fourth-order valence-electron chi connectivity index (χ4n) is 3.45. The minimum Gasteiger partial charge on any atom is -0.497 e. The van der Waals surface area contributed by atoms with E-state index in [0.29, 0.717) is 17.3 Å². The zero-order valence-corrected chi connectivity index (χ0v) is 17.5. The van der Waals surface area contributed by atoms with E-state index in [1.54, 1.807) is 19.2 Å². The second-order valence-corrected chi connectivity index (χ2v) is 7.54. The molecule has 4 rings (SSSR count).